The SMILES string of the molecule is Cn1cnc2ccc([C@@H]3CN(Cc4ccc(OC(F)F)c(F)c4)CCO3)cc21. The van der Waals surface area contributed by atoms with Gasteiger partial charge in [-0.05, 0) is 35.4 Å². The second-order valence-corrected chi connectivity index (χ2v) is 6.84. The Bertz CT molecular complexity index is 976. The lowest BCUT2D eigenvalue weighted by Gasteiger charge is -2.33. The van der Waals surface area contributed by atoms with E-state index < -0.39 is 18.2 Å². The maximum atomic E-state index is 14.0. The Labute approximate surface area is 160 Å². The molecule has 148 valence electrons. The first-order valence-electron chi connectivity index (χ1n) is 8.98. The van der Waals surface area contributed by atoms with E-state index in [2.05, 4.69) is 20.7 Å². The lowest BCUT2D eigenvalue weighted by atomic mass is 10.1. The van der Waals surface area contributed by atoms with Gasteiger partial charge < -0.3 is 14.0 Å². The standard InChI is InChI=1S/C20H20F3N3O2/c1-25-12-24-16-4-3-14(9-17(16)25)19-11-26(6-7-27-19)10-13-2-5-18(15(21)8-13)28-20(22)23/h2-5,8-9,12,19-20H,6-7,10-11H2,1H3/t19-/m0/s1. The minimum absolute atomic E-state index is 0.0978. The van der Waals surface area contributed by atoms with Crippen molar-refractivity contribution in [1.82, 2.24) is 14.5 Å². The van der Waals surface area contributed by atoms with Crippen molar-refractivity contribution in [3.8, 4) is 5.75 Å². The summed E-state index contributed by atoms with van der Waals surface area (Å²) in [4.78, 5) is 6.48. The van der Waals surface area contributed by atoms with Crippen LogP contribution in [0.1, 0.15) is 17.2 Å². The quantitative estimate of drug-likeness (QED) is 0.662. The Morgan fingerprint density at radius 2 is 2.11 bits per heavy atom. The van der Waals surface area contributed by atoms with Crippen LogP contribution in [0.2, 0.25) is 0 Å². The summed E-state index contributed by atoms with van der Waals surface area (Å²) in [5.41, 5.74) is 3.73. The number of ether oxygens (including phenoxy) is 2. The molecule has 1 saturated heterocycles. The molecule has 2 aromatic carbocycles. The van der Waals surface area contributed by atoms with Crippen LogP contribution in [-0.2, 0) is 18.3 Å². The zero-order valence-corrected chi connectivity index (χ0v) is 15.3. The molecule has 1 atom stereocenters. The average Bonchev–Trinajstić information content (AvgIpc) is 3.04. The van der Waals surface area contributed by atoms with E-state index in [1.54, 1.807) is 12.4 Å². The molecule has 3 aromatic rings. The van der Waals surface area contributed by atoms with E-state index in [-0.39, 0.29) is 6.10 Å². The van der Waals surface area contributed by atoms with Gasteiger partial charge in [-0.2, -0.15) is 8.78 Å². The number of nitrogens with zero attached hydrogens (tertiary/aromatic N) is 3. The molecule has 0 saturated carbocycles. The van der Waals surface area contributed by atoms with Gasteiger partial charge in [0.1, 0.15) is 0 Å². The molecule has 0 radical (unpaired) electrons. The Kier molecular flexibility index (Phi) is 5.23. The summed E-state index contributed by atoms with van der Waals surface area (Å²) >= 11 is 0. The minimum atomic E-state index is -3.04. The summed E-state index contributed by atoms with van der Waals surface area (Å²) in [5.74, 6) is -1.23. The number of halogens is 3. The number of aryl methyl sites for hydroxylation is 1. The fourth-order valence-electron chi connectivity index (χ4n) is 3.48. The molecule has 5 nitrogen and oxygen atoms in total. The van der Waals surface area contributed by atoms with Gasteiger partial charge in [0.15, 0.2) is 11.6 Å². The zero-order chi connectivity index (χ0) is 19.7. The van der Waals surface area contributed by atoms with Gasteiger partial charge in [0.05, 0.1) is 30.1 Å². The van der Waals surface area contributed by atoms with Crippen LogP contribution < -0.4 is 4.74 Å². The van der Waals surface area contributed by atoms with E-state index in [0.717, 1.165) is 16.6 Å². The number of imidazole rings is 1. The molecule has 8 heteroatoms. The first-order valence-corrected chi connectivity index (χ1v) is 8.98. The smallest absolute Gasteiger partial charge is 0.387 e. The highest BCUT2D eigenvalue weighted by Gasteiger charge is 2.23. The van der Waals surface area contributed by atoms with Crippen LogP contribution in [0.3, 0.4) is 0 Å². The predicted octanol–water partition coefficient (Wildman–Crippen LogP) is 3.89. The number of aromatic nitrogens is 2. The fraction of sp³-hybridized carbons (Fsp3) is 0.350. The fourth-order valence-corrected chi connectivity index (χ4v) is 3.48. The number of fused-ring (bicyclic) bond motifs is 1. The van der Waals surface area contributed by atoms with E-state index in [9.17, 15) is 13.2 Å². The molecule has 1 aliphatic rings. The van der Waals surface area contributed by atoms with Crippen LogP contribution in [0.4, 0.5) is 13.2 Å². The summed E-state index contributed by atoms with van der Waals surface area (Å²) < 4.78 is 50.5. The highest BCUT2D eigenvalue weighted by molar-refractivity contribution is 5.76. The molecule has 0 amide bonds. The zero-order valence-electron chi connectivity index (χ0n) is 15.3. The molecular formula is C20H20F3N3O2. The van der Waals surface area contributed by atoms with Crippen LogP contribution in [0.15, 0.2) is 42.7 Å². The highest BCUT2D eigenvalue weighted by atomic mass is 19.3. The van der Waals surface area contributed by atoms with Gasteiger partial charge in [-0.1, -0.05) is 12.1 Å². The summed E-state index contributed by atoms with van der Waals surface area (Å²) in [6.45, 7) is -0.623. The third kappa shape index (κ3) is 3.98. The molecule has 2 heterocycles. The van der Waals surface area contributed by atoms with Gasteiger partial charge in [-0.25, -0.2) is 9.37 Å². The molecule has 0 N–H and O–H groups in total. The first kappa shape index (κ1) is 18.8. The van der Waals surface area contributed by atoms with E-state index in [1.807, 2.05) is 23.7 Å². The van der Waals surface area contributed by atoms with Crippen molar-refractivity contribution in [1.29, 1.82) is 0 Å². The molecule has 4 rings (SSSR count). The Hall–Kier alpha value is -2.58. The second-order valence-electron chi connectivity index (χ2n) is 6.84. The molecule has 0 bridgehead atoms. The van der Waals surface area contributed by atoms with Crippen LogP contribution >= 0.6 is 0 Å². The Balaban J connectivity index is 1.46. The monoisotopic (exact) mass is 391 g/mol. The molecule has 0 unspecified atom stereocenters. The van der Waals surface area contributed by atoms with Crippen molar-refractivity contribution in [3.63, 3.8) is 0 Å². The van der Waals surface area contributed by atoms with E-state index in [0.29, 0.717) is 31.8 Å². The van der Waals surface area contributed by atoms with E-state index >= 15 is 0 Å². The van der Waals surface area contributed by atoms with Crippen LogP contribution in [0.5, 0.6) is 5.75 Å². The number of benzene rings is 2. The average molecular weight is 391 g/mol. The normalized spacial score (nSPS) is 18.1. The second kappa shape index (κ2) is 7.81. The maximum Gasteiger partial charge on any atom is 0.387 e. The van der Waals surface area contributed by atoms with Crippen molar-refractivity contribution in [2.24, 2.45) is 7.05 Å². The first-order chi connectivity index (χ1) is 13.5. The molecule has 1 fully saturated rings. The van der Waals surface area contributed by atoms with Gasteiger partial charge in [-0.3, -0.25) is 4.90 Å². The largest absolute Gasteiger partial charge is 0.432 e. The molecule has 0 spiro atoms. The lowest BCUT2D eigenvalue weighted by molar-refractivity contribution is -0.0522. The highest BCUT2D eigenvalue weighted by Crippen LogP contribution is 2.27. The number of morpholine rings is 1. The minimum Gasteiger partial charge on any atom is -0.432 e. The number of rotatable bonds is 5. The van der Waals surface area contributed by atoms with Crippen molar-refractivity contribution in [2.45, 2.75) is 19.3 Å². The number of hydrogen-bond acceptors (Lipinski definition) is 4. The van der Waals surface area contributed by atoms with Gasteiger partial charge >= 0.3 is 6.61 Å². The van der Waals surface area contributed by atoms with Gasteiger partial charge in [0, 0.05) is 26.7 Å². The maximum absolute atomic E-state index is 14.0. The van der Waals surface area contributed by atoms with Gasteiger partial charge in [0.25, 0.3) is 0 Å². The topological polar surface area (TPSA) is 39.5 Å². The van der Waals surface area contributed by atoms with Crippen molar-refractivity contribution in [2.75, 3.05) is 19.7 Å². The summed E-state index contributed by atoms with van der Waals surface area (Å²) in [7, 11) is 1.95. The molecular weight excluding hydrogens is 371 g/mol. The van der Waals surface area contributed by atoms with Gasteiger partial charge in [0.2, 0.25) is 0 Å². The number of alkyl halides is 2. The van der Waals surface area contributed by atoms with Crippen molar-refractivity contribution >= 4 is 11.0 Å². The van der Waals surface area contributed by atoms with Crippen molar-refractivity contribution in [3.05, 3.63) is 59.7 Å². The van der Waals surface area contributed by atoms with Crippen LogP contribution in [0.25, 0.3) is 11.0 Å². The molecule has 1 aromatic heterocycles. The van der Waals surface area contributed by atoms with E-state index in [1.165, 1.54) is 12.1 Å². The van der Waals surface area contributed by atoms with Gasteiger partial charge in [-0.15, -0.1) is 0 Å². The Morgan fingerprint density at radius 3 is 2.89 bits per heavy atom. The van der Waals surface area contributed by atoms with E-state index in [4.69, 9.17) is 4.74 Å². The lowest BCUT2D eigenvalue weighted by Crippen LogP contribution is -2.37. The number of hydrogen-bond donors (Lipinski definition) is 0. The third-order valence-corrected chi connectivity index (χ3v) is 4.89. The van der Waals surface area contributed by atoms with Crippen LogP contribution in [0, 0.1) is 5.82 Å². The molecule has 1 aliphatic heterocycles. The molecule has 28 heavy (non-hydrogen) atoms. The van der Waals surface area contributed by atoms with Crippen molar-refractivity contribution < 1.29 is 22.6 Å². The summed E-state index contributed by atoms with van der Waals surface area (Å²) in [6, 6.07) is 10.2. The summed E-state index contributed by atoms with van der Waals surface area (Å²) in [6.07, 6.45) is 1.68. The Morgan fingerprint density at radius 1 is 1.25 bits per heavy atom. The predicted molar refractivity (Wildman–Crippen MR) is 97.7 cm³/mol. The summed E-state index contributed by atoms with van der Waals surface area (Å²) in [5, 5.41) is 0. The van der Waals surface area contributed by atoms with Crippen LogP contribution in [-0.4, -0.2) is 40.8 Å². The third-order valence-electron chi connectivity index (χ3n) is 4.89. The molecule has 0 aliphatic carbocycles.